The predicted octanol–water partition coefficient (Wildman–Crippen LogP) is 3.84. The Hall–Kier alpha value is -2.31. The molecule has 31 heavy (non-hydrogen) atoms. The minimum atomic E-state index is -0.0959. The Kier molecular flexibility index (Phi) is 7.65. The van der Waals surface area contributed by atoms with Gasteiger partial charge in [-0.3, -0.25) is 14.5 Å². The number of rotatable bonds is 7. The monoisotopic (exact) mass is 437 g/mol. The third-order valence-corrected chi connectivity index (χ3v) is 7.39. The number of fused-ring (bicyclic) bond motifs is 1. The highest BCUT2D eigenvalue weighted by molar-refractivity contribution is 8.00. The van der Waals surface area contributed by atoms with E-state index in [9.17, 15) is 9.59 Å². The third kappa shape index (κ3) is 6.34. The second-order valence-corrected chi connectivity index (χ2v) is 9.71. The van der Waals surface area contributed by atoms with Gasteiger partial charge in [-0.1, -0.05) is 48.5 Å². The van der Waals surface area contributed by atoms with Crippen LogP contribution in [0, 0.1) is 0 Å². The number of carbonyl (C=O) groups excluding carboxylic acids is 2. The van der Waals surface area contributed by atoms with Crippen molar-refractivity contribution in [1.29, 1.82) is 0 Å². The van der Waals surface area contributed by atoms with Crippen LogP contribution in [0.15, 0.2) is 54.6 Å². The number of likely N-dealkylation sites (tertiary alicyclic amines) is 1. The van der Waals surface area contributed by atoms with Gasteiger partial charge in [-0.15, -0.1) is 11.8 Å². The van der Waals surface area contributed by atoms with Gasteiger partial charge >= 0.3 is 0 Å². The lowest BCUT2D eigenvalue weighted by atomic mass is 10.0. The molecule has 2 aromatic carbocycles. The maximum atomic E-state index is 12.5. The first-order valence-corrected chi connectivity index (χ1v) is 12.3. The fourth-order valence-electron chi connectivity index (χ4n) is 4.32. The van der Waals surface area contributed by atoms with Crippen molar-refractivity contribution >= 4 is 29.3 Å². The molecule has 1 atom stereocenters. The summed E-state index contributed by atoms with van der Waals surface area (Å²) in [4.78, 5) is 27.4. The SMILES string of the molecule is O=C(CCSC1CCc2ccccc2NC1=O)NC1CCN(Cc2ccccc2)CC1. The molecule has 2 heterocycles. The molecule has 0 spiro atoms. The maximum absolute atomic E-state index is 12.5. The number of para-hydroxylation sites is 1. The quantitative estimate of drug-likeness (QED) is 0.691. The zero-order valence-electron chi connectivity index (χ0n) is 17.9. The highest BCUT2D eigenvalue weighted by Gasteiger charge is 2.24. The molecule has 4 rings (SSSR count). The molecule has 6 heteroatoms. The number of benzene rings is 2. The number of hydrogen-bond acceptors (Lipinski definition) is 4. The Morgan fingerprint density at radius 3 is 2.58 bits per heavy atom. The average Bonchev–Trinajstić information content (AvgIpc) is 2.94. The molecule has 2 aliphatic rings. The van der Waals surface area contributed by atoms with E-state index in [0.29, 0.717) is 12.2 Å². The van der Waals surface area contributed by atoms with Crippen LogP contribution in [-0.2, 0) is 22.6 Å². The summed E-state index contributed by atoms with van der Waals surface area (Å²) in [5.41, 5.74) is 3.45. The summed E-state index contributed by atoms with van der Waals surface area (Å²) in [6.07, 6.45) is 4.16. The van der Waals surface area contributed by atoms with Gasteiger partial charge in [0.25, 0.3) is 0 Å². The highest BCUT2D eigenvalue weighted by Crippen LogP contribution is 2.27. The smallest absolute Gasteiger partial charge is 0.237 e. The van der Waals surface area contributed by atoms with Crippen LogP contribution in [0.5, 0.6) is 0 Å². The average molecular weight is 438 g/mol. The van der Waals surface area contributed by atoms with E-state index < -0.39 is 0 Å². The molecule has 1 unspecified atom stereocenters. The van der Waals surface area contributed by atoms with E-state index in [1.807, 2.05) is 24.3 Å². The van der Waals surface area contributed by atoms with E-state index in [2.05, 4.69) is 45.9 Å². The third-order valence-electron chi connectivity index (χ3n) is 6.09. The first kappa shape index (κ1) is 21.9. The largest absolute Gasteiger partial charge is 0.353 e. The van der Waals surface area contributed by atoms with E-state index in [1.54, 1.807) is 11.8 Å². The standard InChI is InChI=1S/C25H31N3O2S/c29-24(26-21-12-15-28(16-13-21)18-19-6-2-1-3-7-19)14-17-31-23-11-10-20-8-4-5-9-22(20)27-25(23)30/h1-9,21,23H,10-18H2,(H,26,29)(H,27,30). The van der Waals surface area contributed by atoms with Crippen LogP contribution in [0.1, 0.15) is 36.8 Å². The fraction of sp³-hybridized carbons (Fsp3) is 0.440. The summed E-state index contributed by atoms with van der Waals surface area (Å²) < 4.78 is 0. The van der Waals surface area contributed by atoms with Crippen molar-refractivity contribution in [2.75, 3.05) is 24.2 Å². The lowest BCUT2D eigenvalue weighted by Crippen LogP contribution is -2.44. The second kappa shape index (κ2) is 10.8. The number of thioether (sulfide) groups is 1. The molecule has 1 saturated heterocycles. The van der Waals surface area contributed by atoms with Gasteiger partial charge in [0.05, 0.1) is 5.25 Å². The van der Waals surface area contributed by atoms with Crippen LogP contribution >= 0.6 is 11.8 Å². The normalized spacial score (nSPS) is 19.9. The highest BCUT2D eigenvalue weighted by atomic mass is 32.2. The Labute approximate surface area is 189 Å². The van der Waals surface area contributed by atoms with Crippen molar-refractivity contribution in [3.05, 3.63) is 65.7 Å². The van der Waals surface area contributed by atoms with Gasteiger partial charge in [0.1, 0.15) is 0 Å². The van der Waals surface area contributed by atoms with Gasteiger partial charge in [0.2, 0.25) is 11.8 Å². The molecular weight excluding hydrogens is 406 g/mol. The van der Waals surface area contributed by atoms with E-state index in [-0.39, 0.29) is 23.1 Å². The van der Waals surface area contributed by atoms with Crippen molar-refractivity contribution in [2.45, 2.75) is 49.9 Å². The Morgan fingerprint density at radius 2 is 1.77 bits per heavy atom. The molecule has 0 aliphatic carbocycles. The number of nitrogens with zero attached hydrogens (tertiary/aromatic N) is 1. The molecule has 0 radical (unpaired) electrons. The summed E-state index contributed by atoms with van der Waals surface area (Å²) in [5.74, 6) is 0.833. The van der Waals surface area contributed by atoms with Gasteiger partial charge in [0.15, 0.2) is 0 Å². The fourth-order valence-corrected chi connectivity index (χ4v) is 5.40. The van der Waals surface area contributed by atoms with Crippen LogP contribution < -0.4 is 10.6 Å². The topological polar surface area (TPSA) is 61.4 Å². The maximum Gasteiger partial charge on any atom is 0.237 e. The minimum absolute atomic E-state index is 0.0566. The van der Waals surface area contributed by atoms with Crippen molar-refractivity contribution in [3.63, 3.8) is 0 Å². The molecule has 1 fully saturated rings. The summed E-state index contributed by atoms with van der Waals surface area (Å²) >= 11 is 1.60. The van der Waals surface area contributed by atoms with E-state index in [4.69, 9.17) is 0 Å². The van der Waals surface area contributed by atoms with Gasteiger partial charge in [-0.05, 0) is 42.9 Å². The molecule has 2 aromatic rings. The first-order valence-electron chi connectivity index (χ1n) is 11.2. The Morgan fingerprint density at radius 1 is 1.03 bits per heavy atom. The van der Waals surface area contributed by atoms with Crippen LogP contribution in [0.2, 0.25) is 0 Å². The number of carbonyl (C=O) groups is 2. The summed E-state index contributed by atoms with van der Waals surface area (Å²) in [6.45, 7) is 3.00. The number of aryl methyl sites for hydroxylation is 1. The molecule has 0 bridgehead atoms. The summed E-state index contributed by atoms with van der Waals surface area (Å²) in [5, 5.41) is 6.14. The van der Waals surface area contributed by atoms with Crippen molar-refractivity contribution in [3.8, 4) is 0 Å². The first-order chi connectivity index (χ1) is 15.2. The van der Waals surface area contributed by atoms with Gasteiger partial charge in [0, 0.05) is 43.5 Å². The van der Waals surface area contributed by atoms with Gasteiger partial charge in [-0.2, -0.15) is 0 Å². The Bertz CT molecular complexity index is 881. The lowest BCUT2D eigenvalue weighted by Gasteiger charge is -2.32. The number of nitrogens with one attached hydrogen (secondary N) is 2. The van der Waals surface area contributed by atoms with Crippen LogP contribution in [0.3, 0.4) is 0 Å². The number of amides is 2. The molecule has 2 aliphatic heterocycles. The number of hydrogen-bond donors (Lipinski definition) is 2. The zero-order chi connectivity index (χ0) is 21.5. The molecule has 0 aromatic heterocycles. The molecule has 5 nitrogen and oxygen atoms in total. The van der Waals surface area contributed by atoms with Crippen LogP contribution in [0.25, 0.3) is 0 Å². The molecule has 2 amide bonds. The van der Waals surface area contributed by atoms with Crippen LogP contribution in [-0.4, -0.2) is 46.8 Å². The van der Waals surface area contributed by atoms with Crippen molar-refractivity contribution < 1.29 is 9.59 Å². The molecular formula is C25H31N3O2S. The van der Waals surface area contributed by atoms with Gasteiger partial charge in [-0.25, -0.2) is 0 Å². The zero-order valence-corrected chi connectivity index (χ0v) is 18.7. The second-order valence-electron chi connectivity index (χ2n) is 8.40. The Balaban J connectivity index is 1.14. The molecule has 2 N–H and O–H groups in total. The van der Waals surface area contributed by atoms with Crippen molar-refractivity contribution in [1.82, 2.24) is 10.2 Å². The number of anilines is 1. The van der Waals surface area contributed by atoms with E-state index >= 15 is 0 Å². The van der Waals surface area contributed by atoms with E-state index in [1.165, 1.54) is 11.1 Å². The molecule has 0 saturated carbocycles. The van der Waals surface area contributed by atoms with Gasteiger partial charge < -0.3 is 10.6 Å². The van der Waals surface area contributed by atoms with Crippen molar-refractivity contribution in [2.24, 2.45) is 0 Å². The summed E-state index contributed by atoms with van der Waals surface area (Å²) in [6, 6.07) is 18.8. The number of piperidine rings is 1. The minimum Gasteiger partial charge on any atom is -0.353 e. The van der Waals surface area contributed by atoms with Crippen LogP contribution in [0.4, 0.5) is 5.69 Å². The van der Waals surface area contributed by atoms with E-state index in [0.717, 1.165) is 51.0 Å². The predicted molar refractivity (Wildman–Crippen MR) is 127 cm³/mol. The summed E-state index contributed by atoms with van der Waals surface area (Å²) in [7, 11) is 0. The molecule has 164 valence electrons. The lowest BCUT2D eigenvalue weighted by molar-refractivity contribution is -0.121.